The molecular formula is C14H22N2O2S. The molecule has 0 unspecified atom stereocenters. The van der Waals surface area contributed by atoms with Crippen molar-refractivity contribution in [3.05, 3.63) is 29.6 Å². The lowest BCUT2D eigenvalue weighted by atomic mass is 10.1. The van der Waals surface area contributed by atoms with E-state index in [1.807, 2.05) is 32.0 Å². The minimum Gasteiger partial charge on any atom is -0.256 e. The topological polar surface area (TPSA) is 59.1 Å². The van der Waals surface area contributed by atoms with E-state index in [1.54, 1.807) is 0 Å². The molecule has 4 nitrogen and oxygen atoms in total. The Bertz CT molecular complexity index is 522. The predicted molar refractivity (Wildman–Crippen MR) is 76.3 cm³/mol. The van der Waals surface area contributed by atoms with Crippen LogP contribution in [0.15, 0.2) is 18.2 Å². The second kappa shape index (κ2) is 6.01. The quantitative estimate of drug-likeness (QED) is 0.903. The molecule has 1 N–H and O–H groups in total. The Labute approximate surface area is 115 Å². The molecule has 5 heteroatoms. The van der Waals surface area contributed by atoms with Crippen molar-refractivity contribution in [2.45, 2.75) is 45.6 Å². The van der Waals surface area contributed by atoms with Gasteiger partial charge in [-0.25, -0.2) is 13.1 Å². The van der Waals surface area contributed by atoms with E-state index in [-0.39, 0.29) is 11.8 Å². The fraction of sp³-hybridized carbons (Fsp3) is 0.643. The van der Waals surface area contributed by atoms with E-state index in [2.05, 4.69) is 9.71 Å². The molecule has 0 bridgehead atoms. The Balaban J connectivity index is 1.98. The highest BCUT2D eigenvalue weighted by Crippen LogP contribution is 2.26. The van der Waals surface area contributed by atoms with Crippen molar-refractivity contribution in [1.29, 1.82) is 0 Å². The fourth-order valence-corrected chi connectivity index (χ4v) is 4.38. The number of hydrogen-bond acceptors (Lipinski definition) is 3. The van der Waals surface area contributed by atoms with E-state index in [0.29, 0.717) is 5.92 Å². The van der Waals surface area contributed by atoms with Gasteiger partial charge >= 0.3 is 0 Å². The first-order valence-corrected chi connectivity index (χ1v) is 8.55. The Morgan fingerprint density at radius 1 is 1.37 bits per heavy atom. The van der Waals surface area contributed by atoms with Gasteiger partial charge in [0.2, 0.25) is 10.0 Å². The molecule has 1 aromatic heterocycles. The van der Waals surface area contributed by atoms with Crippen molar-refractivity contribution < 1.29 is 8.42 Å². The van der Waals surface area contributed by atoms with Gasteiger partial charge in [0.1, 0.15) is 0 Å². The number of rotatable bonds is 5. The Morgan fingerprint density at radius 3 is 2.68 bits per heavy atom. The normalized spacial score (nSPS) is 18.6. The van der Waals surface area contributed by atoms with Gasteiger partial charge in [-0.05, 0) is 44.7 Å². The molecule has 0 saturated heterocycles. The average Bonchev–Trinajstić information content (AvgIpc) is 2.80. The number of aryl methyl sites for hydroxylation is 1. The lowest BCUT2D eigenvalue weighted by molar-refractivity contribution is 0.535. The molecule has 0 aromatic carbocycles. The van der Waals surface area contributed by atoms with Crippen LogP contribution in [0.4, 0.5) is 0 Å². The zero-order chi connectivity index (χ0) is 13.9. The van der Waals surface area contributed by atoms with Crippen LogP contribution in [0.3, 0.4) is 0 Å². The van der Waals surface area contributed by atoms with Crippen molar-refractivity contribution in [2.75, 3.05) is 5.75 Å². The minimum atomic E-state index is -3.22. The summed E-state index contributed by atoms with van der Waals surface area (Å²) in [5, 5.41) is 0. The van der Waals surface area contributed by atoms with E-state index in [9.17, 15) is 8.42 Å². The largest absolute Gasteiger partial charge is 0.256 e. The van der Waals surface area contributed by atoms with Gasteiger partial charge in [-0.3, -0.25) is 4.98 Å². The molecule has 1 fully saturated rings. The van der Waals surface area contributed by atoms with E-state index in [4.69, 9.17) is 0 Å². The maximum atomic E-state index is 12.1. The van der Waals surface area contributed by atoms with Crippen LogP contribution < -0.4 is 4.72 Å². The maximum absolute atomic E-state index is 12.1. The van der Waals surface area contributed by atoms with Gasteiger partial charge in [0, 0.05) is 5.69 Å². The van der Waals surface area contributed by atoms with Gasteiger partial charge in [-0.1, -0.05) is 18.9 Å². The van der Waals surface area contributed by atoms with Crippen molar-refractivity contribution in [3.8, 4) is 0 Å². The van der Waals surface area contributed by atoms with Gasteiger partial charge in [0.05, 0.1) is 17.5 Å². The van der Waals surface area contributed by atoms with Crippen LogP contribution in [0.5, 0.6) is 0 Å². The molecular weight excluding hydrogens is 260 g/mol. The molecule has 19 heavy (non-hydrogen) atoms. The highest BCUT2D eigenvalue weighted by atomic mass is 32.2. The van der Waals surface area contributed by atoms with Crippen LogP contribution in [-0.2, 0) is 10.0 Å². The molecule has 1 aliphatic rings. The predicted octanol–water partition coefficient (Wildman–Crippen LogP) is 2.56. The van der Waals surface area contributed by atoms with E-state index in [1.165, 1.54) is 0 Å². The molecule has 1 aromatic rings. The SMILES string of the molecule is Cc1cccc([C@@H](C)NS(=O)(=O)CC2CCCC2)n1. The molecule has 0 spiro atoms. The van der Waals surface area contributed by atoms with Crippen LogP contribution in [0.25, 0.3) is 0 Å². The van der Waals surface area contributed by atoms with Gasteiger partial charge in [-0.15, -0.1) is 0 Å². The van der Waals surface area contributed by atoms with Gasteiger partial charge in [0.15, 0.2) is 0 Å². The molecule has 1 heterocycles. The second-order valence-electron chi connectivity index (χ2n) is 5.48. The zero-order valence-corrected chi connectivity index (χ0v) is 12.4. The van der Waals surface area contributed by atoms with Gasteiger partial charge in [-0.2, -0.15) is 0 Å². The van der Waals surface area contributed by atoms with Crippen molar-refractivity contribution >= 4 is 10.0 Å². The summed E-state index contributed by atoms with van der Waals surface area (Å²) in [5.74, 6) is 0.582. The molecule has 1 saturated carbocycles. The van der Waals surface area contributed by atoms with E-state index in [0.717, 1.165) is 37.1 Å². The summed E-state index contributed by atoms with van der Waals surface area (Å²) in [5.41, 5.74) is 1.68. The van der Waals surface area contributed by atoms with Crippen LogP contribution in [0.1, 0.15) is 50.0 Å². The molecule has 106 valence electrons. The number of aromatic nitrogens is 1. The van der Waals surface area contributed by atoms with Crippen LogP contribution in [-0.4, -0.2) is 19.2 Å². The zero-order valence-electron chi connectivity index (χ0n) is 11.6. The third-order valence-electron chi connectivity index (χ3n) is 3.64. The minimum absolute atomic E-state index is 0.253. The van der Waals surface area contributed by atoms with Crippen molar-refractivity contribution in [3.63, 3.8) is 0 Å². The lowest BCUT2D eigenvalue weighted by Gasteiger charge is -2.16. The molecule has 0 amide bonds. The van der Waals surface area contributed by atoms with E-state index < -0.39 is 10.0 Å². The maximum Gasteiger partial charge on any atom is 0.212 e. The lowest BCUT2D eigenvalue weighted by Crippen LogP contribution is -2.31. The number of nitrogens with zero attached hydrogens (tertiary/aromatic N) is 1. The molecule has 1 atom stereocenters. The highest BCUT2D eigenvalue weighted by Gasteiger charge is 2.24. The van der Waals surface area contributed by atoms with Crippen molar-refractivity contribution in [1.82, 2.24) is 9.71 Å². The smallest absolute Gasteiger partial charge is 0.212 e. The standard InChI is InChI=1S/C14H22N2O2S/c1-11-6-5-9-14(15-11)12(2)16-19(17,18)10-13-7-3-4-8-13/h5-6,9,12-13,16H,3-4,7-8,10H2,1-2H3/t12-/m1/s1. The summed E-state index contributed by atoms with van der Waals surface area (Å²) in [4.78, 5) is 4.36. The Hall–Kier alpha value is -0.940. The Kier molecular flexibility index (Phi) is 4.58. The molecule has 2 rings (SSSR count). The number of pyridine rings is 1. The first-order chi connectivity index (χ1) is 8.96. The second-order valence-corrected chi connectivity index (χ2v) is 7.27. The first kappa shape index (κ1) is 14.5. The molecule has 0 aliphatic heterocycles. The summed E-state index contributed by atoms with van der Waals surface area (Å²) in [6.45, 7) is 3.75. The van der Waals surface area contributed by atoms with Crippen LogP contribution >= 0.6 is 0 Å². The van der Waals surface area contributed by atoms with Gasteiger partial charge in [0.25, 0.3) is 0 Å². The average molecular weight is 282 g/mol. The summed E-state index contributed by atoms with van der Waals surface area (Å²) in [6.07, 6.45) is 4.40. The first-order valence-electron chi connectivity index (χ1n) is 6.90. The number of sulfonamides is 1. The van der Waals surface area contributed by atoms with Gasteiger partial charge < -0.3 is 0 Å². The highest BCUT2D eigenvalue weighted by molar-refractivity contribution is 7.89. The monoisotopic (exact) mass is 282 g/mol. The summed E-state index contributed by atoms with van der Waals surface area (Å²) in [6, 6.07) is 5.39. The number of hydrogen-bond donors (Lipinski definition) is 1. The summed E-state index contributed by atoms with van der Waals surface area (Å²) >= 11 is 0. The third kappa shape index (κ3) is 4.28. The fourth-order valence-electron chi connectivity index (χ4n) is 2.67. The summed E-state index contributed by atoms with van der Waals surface area (Å²) in [7, 11) is -3.22. The van der Waals surface area contributed by atoms with Crippen molar-refractivity contribution in [2.24, 2.45) is 5.92 Å². The third-order valence-corrected chi connectivity index (χ3v) is 5.26. The van der Waals surface area contributed by atoms with Crippen LogP contribution in [0, 0.1) is 12.8 Å². The summed E-state index contributed by atoms with van der Waals surface area (Å²) < 4.78 is 27.0. The Morgan fingerprint density at radius 2 is 2.05 bits per heavy atom. The number of nitrogens with one attached hydrogen (secondary N) is 1. The van der Waals surface area contributed by atoms with E-state index >= 15 is 0 Å². The molecule has 1 aliphatic carbocycles. The van der Waals surface area contributed by atoms with Crippen LogP contribution in [0.2, 0.25) is 0 Å². The molecule has 0 radical (unpaired) electrons.